The van der Waals surface area contributed by atoms with Gasteiger partial charge in [0, 0.05) is 6.20 Å². The van der Waals surface area contributed by atoms with Gasteiger partial charge in [0.25, 0.3) is 0 Å². The summed E-state index contributed by atoms with van der Waals surface area (Å²) in [6.07, 6.45) is 1.65. The summed E-state index contributed by atoms with van der Waals surface area (Å²) in [5.74, 6) is 0.543. The van der Waals surface area contributed by atoms with E-state index in [0.717, 1.165) is 5.56 Å². The minimum absolute atomic E-state index is 0.184. The van der Waals surface area contributed by atoms with Crippen LogP contribution in [0.2, 0.25) is 0 Å². The Morgan fingerprint density at radius 2 is 1.79 bits per heavy atom. The molecule has 0 saturated carbocycles. The normalized spacial score (nSPS) is 10.4. The molecule has 154 valence electrons. The van der Waals surface area contributed by atoms with Gasteiger partial charge >= 0.3 is 12.2 Å². The average molecular weight is 464 g/mol. The number of carbonyl (C=O) groups is 2. The molecule has 0 heterocycles. The molecule has 0 atom stereocenters. The highest BCUT2D eigenvalue weighted by molar-refractivity contribution is 9.10. The SMILES string of the molecule is CCOC(=O)N/C=C/c1cc(Br)c(OCc2ccccc2)c(OC(=O)OCC)c1. The molecule has 7 nitrogen and oxygen atoms in total. The number of hydrogen-bond acceptors (Lipinski definition) is 6. The topological polar surface area (TPSA) is 83.1 Å². The third kappa shape index (κ3) is 7.50. The summed E-state index contributed by atoms with van der Waals surface area (Å²) in [6.45, 7) is 4.15. The second kappa shape index (κ2) is 11.8. The van der Waals surface area contributed by atoms with E-state index in [1.807, 2.05) is 30.3 Å². The lowest BCUT2D eigenvalue weighted by atomic mass is 10.2. The lowest BCUT2D eigenvalue weighted by molar-refractivity contribution is 0.102. The molecule has 0 saturated heterocycles. The molecule has 0 aliphatic rings. The number of amides is 1. The first-order chi connectivity index (χ1) is 14.0. The molecule has 0 bridgehead atoms. The Hall–Kier alpha value is -3.00. The quantitative estimate of drug-likeness (QED) is 0.423. The fraction of sp³-hybridized carbons (Fsp3) is 0.238. The van der Waals surface area contributed by atoms with E-state index in [4.69, 9.17) is 18.9 Å². The number of halogens is 1. The van der Waals surface area contributed by atoms with Gasteiger partial charge < -0.3 is 18.9 Å². The molecular weight excluding hydrogens is 442 g/mol. The summed E-state index contributed by atoms with van der Waals surface area (Å²) in [7, 11) is 0. The van der Waals surface area contributed by atoms with E-state index >= 15 is 0 Å². The summed E-state index contributed by atoms with van der Waals surface area (Å²) >= 11 is 3.44. The maximum Gasteiger partial charge on any atom is 0.513 e. The van der Waals surface area contributed by atoms with Crippen molar-refractivity contribution in [3.63, 3.8) is 0 Å². The van der Waals surface area contributed by atoms with Crippen molar-refractivity contribution in [1.82, 2.24) is 5.32 Å². The Morgan fingerprint density at radius 1 is 1.07 bits per heavy atom. The summed E-state index contributed by atoms with van der Waals surface area (Å²) in [5.41, 5.74) is 1.61. The van der Waals surface area contributed by atoms with Crippen LogP contribution >= 0.6 is 15.9 Å². The van der Waals surface area contributed by atoms with Crippen LogP contribution in [0.4, 0.5) is 9.59 Å². The first-order valence-corrected chi connectivity index (χ1v) is 9.77. The lowest BCUT2D eigenvalue weighted by Crippen LogP contribution is -2.17. The van der Waals surface area contributed by atoms with Crippen molar-refractivity contribution in [2.75, 3.05) is 13.2 Å². The third-order valence-electron chi connectivity index (χ3n) is 3.47. The molecule has 0 aliphatic heterocycles. The van der Waals surface area contributed by atoms with Gasteiger partial charge in [-0.15, -0.1) is 0 Å². The molecule has 0 unspecified atom stereocenters. The smallest absolute Gasteiger partial charge is 0.484 e. The van der Waals surface area contributed by atoms with Gasteiger partial charge in [-0.05, 0) is 59.1 Å². The zero-order valence-electron chi connectivity index (χ0n) is 16.1. The van der Waals surface area contributed by atoms with Gasteiger partial charge in [-0.3, -0.25) is 5.32 Å². The van der Waals surface area contributed by atoms with Crippen LogP contribution < -0.4 is 14.8 Å². The predicted molar refractivity (Wildman–Crippen MR) is 112 cm³/mol. The van der Waals surface area contributed by atoms with Gasteiger partial charge in [-0.1, -0.05) is 30.3 Å². The summed E-state index contributed by atoms with van der Waals surface area (Å²) in [6, 6.07) is 13.0. The molecule has 0 spiro atoms. The largest absolute Gasteiger partial charge is 0.513 e. The Balaban J connectivity index is 2.22. The highest BCUT2D eigenvalue weighted by atomic mass is 79.9. The Morgan fingerprint density at radius 3 is 2.48 bits per heavy atom. The van der Waals surface area contributed by atoms with Gasteiger partial charge in [0.2, 0.25) is 0 Å². The van der Waals surface area contributed by atoms with Crippen LogP contribution in [-0.4, -0.2) is 25.5 Å². The molecule has 0 aliphatic carbocycles. The van der Waals surface area contributed by atoms with Crippen molar-refractivity contribution in [3.8, 4) is 11.5 Å². The monoisotopic (exact) mass is 463 g/mol. The van der Waals surface area contributed by atoms with Crippen LogP contribution in [0.25, 0.3) is 6.08 Å². The number of nitrogens with one attached hydrogen (secondary N) is 1. The maximum atomic E-state index is 11.8. The second-order valence-electron chi connectivity index (χ2n) is 5.59. The minimum atomic E-state index is -0.838. The highest BCUT2D eigenvalue weighted by Crippen LogP contribution is 2.38. The van der Waals surface area contributed by atoms with Crippen LogP contribution in [-0.2, 0) is 16.1 Å². The van der Waals surface area contributed by atoms with E-state index in [1.165, 1.54) is 6.20 Å². The molecule has 8 heteroatoms. The molecule has 29 heavy (non-hydrogen) atoms. The molecule has 0 fully saturated rings. The van der Waals surface area contributed by atoms with Gasteiger partial charge in [0.05, 0.1) is 17.7 Å². The van der Waals surface area contributed by atoms with E-state index in [9.17, 15) is 9.59 Å². The van der Waals surface area contributed by atoms with E-state index in [0.29, 0.717) is 15.8 Å². The number of hydrogen-bond donors (Lipinski definition) is 1. The molecule has 2 rings (SSSR count). The summed E-state index contributed by atoms with van der Waals surface area (Å²) in [4.78, 5) is 23.2. The van der Waals surface area contributed by atoms with Gasteiger partial charge in [0.1, 0.15) is 6.61 Å². The Bertz CT molecular complexity index is 854. The van der Waals surface area contributed by atoms with E-state index < -0.39 is 12.2 Å². The van der Waals surface area contributed by atoms with Crippen molar-refractivity contribution in [2.24, 2.45) is 0 Å². The Labute approximate surface area is 177 Å². The first-order valence-electron chi connectivity index (χ1n) is 8.98. The zero-order valence-corrected chi connectivity index (χ0v) is 17.7. The number of benzene rings is 2. The van der Waals surface area contributed by atoms with E-state index in [1.54, 1.807) is 32.1 Å². The highest BCUT2D eigenvalue weighted by Gasteiger charge is 2.16. The number of alkyl carbamates (subject to hydrolysis) is 1. The van der Waals surface area contributed by atoms with Crippen LogP contribution in [0.5, 0.6) is 11.5 Å². The van der Waals surface area contributed by atoms with Crippen LogP contribution in [0, 0.1) is 0 Å². The molecule has 0 aromatic heterocycles. The van der Waals surface area contributed by atoms with Crippen molar-refractivity contribution in [1.29, 1.82) is 0 Å². The molecule has 0 radical (unpaired) electrons. The van der Waals surface area contributed by atoms with E-state index in [2.05, 4.69) is 21.2 Å². The van der Waals surface area contributed by atoms with E-state index in [-0.39, 0.29) is 25.6 Å². The molecule has 2 aromatic rings. The lowest BCUT2D eigenvalue weighted by Gasteiger charge is -2.14. The van der Waals surface area contributed by atoms with Crippen molar-refractivity contribution < 1.29 is 28.5 Å². The van der Waals surface area contributed by atoms with Gasteiger partial charge in [-0.2, -0.15) is 0 Å². The van der Waals surface area contributed by atoms with Crippen molar-refractivity contribution in [2.45, 2.75) is 20.5 Å². The van der Waals surface area contributed by atoms with Crippen LogP contribution in [0.3, 0.4) is 0 Å². The standard InChI is InChI=1S/C21H22BrNO6/c1-3-26-20(24)23-11-10-16-12-17(22)19(18(13-16)29-21(25)27-4-2)28-14-15-8-6-5-7-9-15/h5-13H,3-4,14H2,1-2H3,(H,23,24)/b11-10+. The molecule has 1 amide bonds. The number of rotatable bonds is 8. The number of ether oxygens (including phenoxy) is 4. The minimum Gasteiger partial charge on any atom is -0.484 e. The van der Waals surface area contributed by atoms with Crippen molar-refractivity contribution >= 4 is 34.3 Å². The molecule has 2 aromatic carbocycles. The average Bonchev–Trinajstić information content (AvgIpc) is 2.68. The number of carbonyl (C=O) groups excluding carboxylic acids is 2. The maximum absolute atomic E-state index is 11.8. The third-order valence-corrected chi connectivity index (χ3v) is 4.05. The fourth-order valence-electron chi connectivity index (χ4n) is 2.25. The van der Waals surface area contributed by atoms with Crippen molar-refractivity contribution in [3.05, 3.63) is 64.3 Å². The van der Waals surface area contributed by atoms with Crippen LogP contribution in [0.15, 0.2) is 53.1 Å². The fourth-order valence-corrected chi connectivity index (χ4v) is 2.82. The van der Waals surface area contributed by atoms with Crippen LogP contribution in [0.1, 0.15) is 25.0 Å². The zero-order chi connectivity index (χ0) is 21.1. The molecule has 1 N–H and O–H groups in total. The predicted octanol–water partition coefficient (Wildman–Crippen LogP) is 5.28. The summed E-state index contributed by atoms with van der Waals surface area (Å²) in [5, 5.41) is 2.47. The van der Waals surface area contributed by atoms with Gasteiger partial charge in [0.15, 0.2) is 11.5 Å². The summed E-state index contributed by atoms with van der Waals surface area (Å²) < 4.78 is 21.4. The van der Waals surface area contributed by atoms with Gasteiger partial charge in [-0.25, -0.2) is 9.59 Å². The second-order valence-corrected chi connectivity index (χ2v) is 6.44. The first kappa shape index (κ1) is 22.3. The Kier molecular flexibility index (Phi) is 9.04. The molecular formula is C21H22BrNO6.